The van der Waals surface area contributed by atoms with E-state index in [2.05, 4.69) is 25.1 Å². The smallest absolute Gasteiger partial charge is 0.264 e. The van der Waals surface area contributed by atoms with Crippen LogP contribution in [0, 0.1) is 0 Å². The highest BCUT2D eigenvalue weighted by Gasteiger charge is 2.19. The number of aryl methyl sites for hydroxylation is 1. The fraction of sp³-hybridized carbons (Fsp3) is 0.0800. The highest BCUT2D eigenvalue weighted by Crippen LogP contribution is 2.26. The number of carbonyl (C=O) groups excluding carboxylic acids is 1. The van der Waals surface area contributed by atoms with Gasteiger partial charge in [-0.2, -0.15) is 5.10 Å². The molecule has 0 radical (unpaired) electrons. The Balaban J connectivity index is 1.43. The van der Waals surface area contributed by atoms with Crippen molar-refractivity contribution in [3.8, 4) is 11.3 Å². The van der Waals surface area contributed by atoms with E-state index in [1.165, 1.54) is 36.7 Å². The Labute approximate surface area is 207 Å². The lowest BCUT2D eigenvalue weighted by Crippen LogP contribution is -2.15. The van der Waals surface area contributed by atoms with Gasteiger partial charge in [0.25, 0.3) is 15.9 Å². The van der Waals surface area contributed by atoms with E-state index in [0.29, 0.717) is 34.5 Å². The number of anilines is 2. The van der Waals surface area contributed by atoms with Gasteiger partial charge >= 0.3 is 0 Å². The summed E-state index contributed by atoms with van der Waals surface area (Å²) in [7, 11) is -3.88. The molecule has 0 spiro atoms. The molecule has 10 nitrogen and oxygen atoms in total. The third kappa shape index (κ3) is 4.64. The number of nitrogens with one attached hydrogen (secondary N) is 2. The number of rotatable bonds is 7. The number of nitrogens with zero attached hydrogens (tertiary/aromatic N) is 5. The van der Waals surface area contributed by atoms with Crippen LogP contribution in [0.2, 0.25) is 0 Å². The van der Waals surface area contributed by atoms with Gasteiger partial charge in [-0.3, -0.25) is 4.79 Å². The van der Waals surface area contributed by atoms with Crippen molar-refractivity contribution in [1.29, 1.82) is 0 Å². The molecular formula is C25H21N7O3S. The normalized spacial score (nSPS) is 11.4. The van der Waals surface area contributed by atoms with Crippen LogP contribution in [0.25, 0.3) is 22.3 Å². The summed E-state index contributed by atoms with van der Waals surface area (Å²) in [6.45, 7) is 2.56. The number of amides is 1. The molecule has 1 amide bonds. The average Bonchev–Trinajstić information content (AvgIpc) is 3.32. The summed E-state index contributed by atoms with van der Waals surface area (Å²) in [4.78, 5) is 25.8. The molecule has 0 saturated carbocycles. The predicted molar refractivity (Wildman–Crippen MR) is 136 cm³/mol. The van der Waals surface area contributed by atoms with Crippen LogP contribution in [0.15, 0.2) is 90.2 Å². The molecule has 36 heavy (non-hydrogen) atoms. The number of benzene rings is 2. The molecule has 0 fully saturated rings. The first-order valence-electron chi connectivity index (χ1n) is 11.1. The molecule has 5 rings (SSSR count). The highest BCUT2D eigenvalue weighted by atomic mass is 32.2. The summed E-state index contributed by atoms with van der Waals surface area (Å²) in [5.41, 5.74) is 2.99. The monoisotopic (exact) mass is 499 g/mol. The minimum atomic E-state index is -3.88. The molecule has 3 heterocycles. The van der Waals surface area contributed by atoms with Crippen molar-refractivity contribution in [2.45, 2.75) is 18.4 Å². The fourth-order valence-electron chi connectivity index (χ4n) is 3.67. The van der Waals surface area contributed by atoms with Crippen LogP contribution in [0.5, 0.6) is 0 Å². The largest absolute Gasteiger partial charge is 0.322 e. The second kappa shape index (κ2) is 9.55. The minimum absolute atomic E-state index is 0.00911. The Morgan fingerprint density at radius 1 is 0.972 bits per heavy atom. The number of fused-ring (bicyclic) bond motifs is 1. The van der Waals surface area contributed by atoms with Gasteiger partial charge in [0.15, 0.2) is 5.65 Å². The van der Waals surface area contributed by atoms with Crippen molar-refractivity contribution in [2.75, 3.05) is 10.0 Å². The van der Waals surface area contributed by atoms with Gasteiger partial charge in [0.2, 0.25) is 5.95 Å². The highest BCUT2D eigenvalue weighted by molar-refractivity contribution is 7.92. The van der Waals surface area contributed by atoms with E-state index in [1.807, 2.05) is 37.3 Å². The van der Waals surface area contributed by atoms with Gasteiger partial charge < -0.3 is 5.32 Å². The van der Waals surface area contributed by atoms with Crippen LogP contribution in [-0.2, 0) is 16.6 Å². The summed E-state index contributed by atoms with van der Waals surface area (Å²) >= 11 is 0. The number of pyridine rings is 1. The average molecular weight is 500 g/mol. The first-order chi connectivity index (χ1) is 17.4. The molecule has 0 bridgehead atoms. The molecule has 0 unspecified atom stereocenters. The molecule has 0 aliphatic rings. The van der Waals surface area contributed by atoms with Crippen LogP contribution in [-0.4, -0.2) is 39.1 Å². The number of sulfonamides is 1. The van der Waals surface area contributed by atoms with E-state index < -0.39 is 10.0 Å². The van der Waals surface area contributed by atoms with E-state index in [0.717, 1.165) is 5.56 Å². The van der Waals surface area contributed by atoms with E-state index in [1.54, 1.807) is 23.0 Å². The fourth-order valence-corrected chi connectivity index (χ4v) is 4.63. The maximum Gasteiger partial charge on any atom is 0.264 e. The third-order valence-electron chi connectivity index (χ3n) is 5.44. The first kappa shape index (κ1) is 23.1. The lowest BCUT2D eigenvalue weighted by atomic mass is 10.1. The van der Waals surface area contributed by atoms with E-state index in [4.69, 9.17) is 4.98 Å². The number of aromatic nitrogens is 5. The van der Waals surface area contributed by atoms with Crippen LogP contribution in [0.3, 0.4) is 0 Å². The van der Waals surface area contributed by atoms with Gasteiger partial charge in [0, 0.05) is 30.2 Å². The molecule has 11 heteroatoms. The minimum Gasteiger partial charge on any atom is -0.322 e. The molecule has 0 aliphatic carbocycles. The Bertz CT molecular complexity index is 1640. The number of carbonyl (C=O) groups is 1. The Kier molecular flexibility index (Phi) is 6.13. The summed E-state index contributed by atoms with van der Waals surface area (Å²) in [6, 6.07) is 18.7. The van der Waals surface area contributed by atoms with E-state index in [9.17, 15) is 13.2 Å². The maximum atomic E-state index is 13.3. The zero-order chi connectivity index (χ0) is 25.1. The van der Waals surface area contributed by atoms with Crippen LogP contribution in [0.4, 0.5) is 11.6 Å². The molecule has 0 saturated heterocycles. The Morgan fingerprint density at radius 3 is 2.39 bits per heavy atom. The second-order valence-corrected chi connectivity index (χ2v) is 9.46. The zero-order valence-corrected chi connectivity index (χ0v) is 20.0. The van der Waals surface area contributed by atoms with E-state index in [-0.39, 0.29) is 16.8 Å². The van der Waals surface area contributed by atoms with Gasteiger partial charge in [0.1, 0.15) is 0 Å². The quantitative estimate of drug-likeness (QED) is 0.346. The molecule has 5 aromatic rings. The van der Waals surface area contributed by atoms with Crippen molar-refractivity contribution in [3.63, 3.8) is 0 Å². The molecule has 3 aromatic heterocycles. The predicted octanol–water partition coefficient (Wildman–Crippen LogP) is 3.96. The van der Waals surface area contributed by atoms with Crippen molar-refractivity contribution < 1.29 is 13.2 Å². The maximum absolute atomic E-state index is 13.3. The van der Waals surface area contributed by atoms with Crippen molar-refractivity contribution in [3.05, 3.63) is 90.9 Å². The summed E-state index contributed by atoms with van der Waals surface area (Å²) in [5.74, 6) is -0.389. The molecule has 180 valence electrons. The van der Waals surface area contributed by atoms with Gasteiger partial charge in [-0.05, 0) is 43.3 Å². The topological polar surface area (TPSA) is 132 Å². The van der Waals surface area contributed by atoms with Gasteiger partial charge in [0.05, 0.1) is 27.7 Å². The van der Waals surface area contributed by atoms with Crippen LogP contribution < -0.4 is 10.0 Å². The van der Waals surface area contributed by atoms with Crippen LogP contribution >= 0.6 is 0 Å². The lowest BCUT2D eigenvalue weighted by molar-refractivity contribution is 0.102. The van der Waals surface area contributed by atoms with Crippen molar-refractivity contribution >= 4 is 38.6 Å². The zero-order valence-electron chi connectivity index (χ0n) is 19.2. The first-order valence-corrected chi connectivity index (χ1v) is 12.6. The SMILES string of the molecule is CCn1ncc2c(C(=O)Nc3ccc(S(=O)(=O)Nc4ncccn4)cc3)cc(-c3ccccc3)nc21. The summed E-state index contributed by atoms with van der Waals surface area (Å²) < 4.78 is 29.3. The number of hydrogen-bond donors (Lipinski definition) is 2. The van der Waals surface area contributed by atoms with Crippen LogP contribution in [0.1, 0.15) is 17.3 Å². The summed E-state index contributed by atoms with van der Waals surface area (Å²) in [5, 5.41) is 7.83. The lowest BCUT2D eigenvalue weighted by Gasteiger charge is -2.10. The Hall–Kier alpha value is -4.64. The molecule has 0 atom stereocenters. The molecule has 0 aliphatic heterocycles. The second-order valence-electron chi connectivity index (χ2n) is 7.78. The van der Waals surface area contributed by atoms with E-state index >= 15 is 0 Å². The van der Waals surface area contributed by atoms with Gasteiger partial charge in [-0.1, -0.05) is 30.3 Å². The van der Waals surface area contributed by atoms with Crippen molar-refractivity contribution in [2.24, 2.45) is 0 Å². The number of hydrogen-bond acceptors (Lipinski definition) is 7. The standard InChI is InChI=1S/C25H21N7O3S/c1-2-32-23-21(16-28-32)20(15-22(30-23)17-7-4-3-5-8-17)24(33)29-18-9-11-19(12-10-18)36(34,35)31-25-26-13-6-14-27-25/h3-16H,2H2,1H3,(H,29,33)(H,26,27,31). The van der Waals surface area contributed by atoms with Crippen molar-refractivity contribution in [1.82, 2.24) is 24.7 Å². The summed E-state index contributed by atoms with van der Waals surface area (Å²) in [6.07, 6.45) is 4.50. The Morgan fingerprint density at radius 2 is 1.69 bits per heavy atom. The van der Waals surface area contributed by atoms with Gasteiger partial charge in [-0.15, -0.1) is 0 Å². The molecule has 2 aromatic carbocycles. The molecular weight excluding hydrogens is 478 g/mol. The van der Waals surface area contributed by atoms with Gasteiger partial charge in [-0.25, -0.2) is 32.8 Å². The third-order valence-corrected chi connectivity index (χ3v) is 6.78. The molecule has 2 N–H and O–H groups in total.